The molecule has 0 aliphatic heterocycles. The van der Waals surface area contributed by atoms with E-state index in [1.807, 2.05) is 12.3 Å². The predicted octanol–water partition coefficient (Wildman–Crippen LogP) is 3.12. The molecule has 1 saturated carbocycles. The molecule has 3 heteroatoms. The molecule has 0 aromatic carbocycles. The maximum absolute atomic E-state index is 5.70. The van der Waals surface area contributed by atoms with Crippen LogP contribution in [0, 0.1) is 0 Å². The lowest BCUT2D eigenvalue weighted by atomic mass is 10.2. The van der Waals surface area contributed by atoms with Gasteiger partial charge in [-0.05, 0) is 30.5 Å². The molecule has 1 heterocycles. The lowest BCUT2D eigenvalue weighted by Crippen LogP contribution is -1.87. The summed E-state index contributed by atoms with van der Waals surface area (Å²) in [5.74, 6) is 1.33. The Morgan fingerprint density at radius 3 is 2.83 bits per heavy atom. The summed E-state index contributed by atoms with van der Waals surface area (Å²) in [5, 5.41) is 0. The van der Waals surface area contributed by atoms with Gasteiger partial charge in [0.25, 0.3) is 0 Å². The fourth-order valence-electron chi connectivity index (χ4n) is 1.18. The van der Waals surface area contributed by atoms with Gasteiger partial charge in [0.1, 0.15) is 0 Å². The Labute approximate surface area is 83.6 Å². The highest BCUT2D eigenvalue weighted by atomic mass is 35.5. The van der Waals surface area contributed by atoms with Crippen LogP contribution >= 0.6 is 24.0 Å². The Hall–Kier alpha value is -0.270. The standard InChI is InChI=1S/C9H10ClN.ClH/c10-6-7-3-4-11-9(5-7)8-1-2-8;/h3-5,8H,1-2,6H2;1H. The van der Waals surface area contributed by atoms with E-state index in [2.05, 4.69) is 11.1 Å². The first-order valence-electron chi connectivity index (χ1n) is 3.91. The van der Waals surface area contributed by atoms with Crippen molar-refractivity contribution in [3.8, 4) is 0 Å². The van der Waals surface area contributed by atoms with E-state index in [-0.39, 0.29) is 12.4 Å². The summed E-state index contributed by atoms with van der Waals surface area (Å²) < 4.78 is 0. The molecule has 0 atom stereocenters. The van der Waals surface area contributed by atoms with Crippen LogP contribution in [0.15, 0.2) is 18.3 Å². The number of pyridine rings is 1. The van der Waals surface area contributed by atoms with E-state index < -0.39 is 0 Å². The zero-order valence-corrected chi connectivity index (χ0v) is 8.24. The normalized spacial score (nSPS) is 15.4. The molecule has 12 heavy (non-hydrogen) atoms. The number of hydrogen-bond acceptors (Lipinski definition) is 1. The van der Waals surface area contributed by atoms with E-state index in [9.17, 15) is 0 Å². The highest BCUT2D eigenvalue weighted by Gasteiger charge is 2.24. The molecular formula is C9H11Cl2N. The van der Waals surface area contributed by atoms with Crippen LogP contribution in [0.4, 0.5) is 0 Å². The quantitative estimate of drug-likeness (QED) is 0.674. The molecule has 2 rings (SSSR count). The van der Waals surface area contributed by atoms with Crippen LogP contribution in [0.2, 0.25) is 0 Å². The minimum absolute atomic E-state index is 0. The van der Waals surface area contributed by atoms with Crippen molar-refractivity contribution in [3.05, 3.63) is 29.6 Å². The Balaban J connectivity index is 0.000000720. The van der Waals surface area contributed by atoms with Crippen LogP contribution in [-0.4, -0.2) is 4.98 Å². The van der Waals surface area contributed by atoms with E-state index in [0.717, 1.165) is 5.92 Å². The van der Waals surface area contributed by atoms with Crippen LogP contribution in [0.3, 0.4) is 0 Å². The molecule has 1 nitrogen and oxygen atoms in total. The van der Waals surface area contributed by atoms with Crippen molar-refractivity contribution in [2.75, 3.05) is 0 Å². The number of halogens is 2. The van der Waals surface area contributed by atoms with Gasteiger partial charge in [-0.2, -0.15) is 0 Å². The van der Waals surface area contributed by atoms with Crippen molar-refractivity contribution in [3.63, 3.8) is 0 Å². The average molecular weight is 204 g/mol. The first-order chi connectivity index (χ1) is 5.40. The van der Waals surface area contributed by atoms with Crippen molar-refractivity contribution >= 4 is 24.0 Å². The second kappa shape index (κ2) is 4.11. The summed E-state index contributed by atoms with van der Waals surface area (Å²) in [5.41, 5.74) is 2.41. The van der Waals surface area contributed by atoms with Crippen LogP contribution in [-0.2, 0) is 5.88 Å². The van der Waals surface area contributed by atoms with E-state index >= 15 is 0 Å². The lowest BCUT2D eigenvalue weighted by Gasteiger charge is -1.98. The molecule has 0 saturated heterocycles. The second-order valence-electron chi connectivity index (χ2n) is 3.00. The highest BCUT2D eigenvalue weighted by molar-refractivity contribution is 6.17. The van der Waals surface area contributed by atoms with Gasteiger partial charge in [0.05, 0.1) is 0 Å². The highest BCUT2D eigenvalue weighted by Crippen LogP contribution is 2.38. The largest absolute Gasteiger partial charge is 0.261 e. The zero-order chi connectivity index (χ0) is 7.68. The summed E-state index contributed by atoms with van der Waals surface area (Å²) in [6.45, 7) is 0. The summed E-state index contributed by atoms with van der Waals surface area (Å²) >= 11 is 5.70. The third kappa shape index (κ3) is 2.11. The van der Waals surface area contributed by atoms with E-state index in [1.165, 1.54) is 24.1 Å². The maximum Gasteiger partial charge on any atom is 0.0475 e. The number of aromatic nitrogens is 1. The molecule has 1 aliphatic carbocycles. The lowest BCUT2D eigenvalue weighted by molar-refractivity contribution is 1.01. The number of rotatable bonds is 2. The molecule has 1 aliphatic rings. The first-order valence-corrected chi connectivity index (χ1v) is 4.44. The third-order valence-corrected chi connectivity index (χ3v) is 2.30. The molecule has 0 spiro atoms. The summed E-state index contributed by atoms with van der Waals surface area (Å²) in [6, 6.07) is 4.09. The summed E-state index contributed by atoms with van der Waals surface area (Å²) in [7, 11) is 0. The van der Waals surface area contributed by atoms with E-state index in [1.54, 1.807) is 0 Å². The molecule has 0 bridgehead atoms. The van der Waals surface area contributed by atoms with Gasteiger partial charge in [0, 0.05) is 23.7 Å². The minimum Gasteiger partial charge on any atom is -0.261 e. The Morgan fingerprint density at radius 1 is 1.50 bits per heavy atom. The van der Waals surface area contributed by atoms with Crippen molar-refractivity contribution in [1.29, 1.82) is 0 Å². The topological polar surface area (TPSA) is 12.9 Å². The van der Waals surface area contributed by atoms with Gasteiger partial charge in [-0.3, -0.25) is 4.98 Å². The second-order valence-corrected chi connectivity index (χ2v) is 3.26. The smallest absolute Gasteiger partial charge is 0.0475 e. The van der Waals surface area contributed by atoms with Crippen LogP contribution in [0.1, 0.15) is 30.0 Å². The van der Waals surface area contributed by atoms with Crippen molar-refractivity contribution < 1.29 is 0 Å². The van der Waals surface area contributed by atoms with Crippen LogP contribution < -0.4 is 0 Å². The summed E-state index contributed by atoms with van der Waals surface area (Å²) in [4.78, 5) is 4.29. The van der Waals surface area contributed by atoms with Crippen molar-refractivity contribution in [1.82, 2.24) is 4.98 Å². The molecule has 0 radical (unpaired) electrons. The third-order valence-electron chi connectivity index (χ3n) is 2.00. The summed E-state index contributed by atoms with van der Waals surface area (Å²) in [6.07, 6.45) is 4.46. The molecule has 1 aromatic heterocycles. The van der Waals surface area contributed by atoms with Gasteiger partial charge in [-0.1, -0.05) is 0 Å². The molecule has 1 aromatic rings. The first kappa shape index (κ1) is 9.82. The van der Waals surface area contributed by atoms with Gasteiger partial charge < -0.3 is 0 Å². The van der Waals surface area contributed by atoms with E-state index in [0.29, 0.717) is 5.88 Å². The average Bonchev–Trinajstić information content (AvgIpc) is 2.87. The molecule has 0 amide bonds. The number of alkyl halides is 1. The molecule has 66 valence electrons. The van der Waals surface area contributed by atoms with Gasteiger partial charge in [-0.25, -0.2) is 0 Å². The van der Waals surface area contributed by atoms with E-state index in [4.69, 9.17) is 11.6 Å². The monoisotopic (exact) mass is 203 g/mol. The van der Waals surface area contributed by atoms with Crippen LogP contribution in [0.5, 0.6) is 0 Å². The predicted molar refractivity (Wildman–Crippen MR) is 53.0 cm³/mol. The Morgan fingerprint density at radius 2 is 2.25 bits per heavy atom. The van der Waals surface area contributed by atoms with Crippen LogP contribution in [0.25, 0.3) is 0 Å². The van der Waals surface area contributed by atoms with Gasteiger partial charge >= 0.3 is 0 Å². The number of hydrogen-bond donors (Lipinski definition) is 0. The fraction of sp³-hybridized carbons (Fsp3) is 0.444. The molecule has 0 unspecified atom stereocenters. The van der Waals surface area contributed by atoms with Gasteiger partial charge in [0.2, 0.25) is 0 Å². The molecule has 1 fully saturated rings. The molecular weight excluding hydrogens is 193 g/mol. The van der Waals surface area contributed by atoms with Gasteiger partial charge in [-0.15, -0.1) is 24.0 Å². The maximum atomic E-state index is 5.70. The van der Waals surface area contributed by atoms with Crippen molar-refractivity contribution in [2.45, 2.75) is 24.6 Å². The zero-order valence-electron chi connectivity index (χ0n) is 6.66. The number of nitrogens with zero attached hydrogens (tertiary/aromatic N) is 1. The fourth-order valence-corrected chi connectivity index (χ4v) is 1.35. The Kier molecular flexibility index (Phi) is 3.36. The molecule has 0 N–H and O–H groups in total. The van der Waals surface area contributed by atoms with Gasteiger partial charge in [0.15, 0.2) is 0 Å². The Bertz CT molecular complexity index is 258. The van der Waals surface area contributed by atoms with Crippen molar-refractivity contribution in [2.24, 2.45) is 0 Å². The minimum atomic E-state index is 0. The SMILES string of the molecule is Cl.ClCc1ccnc(C2CC2)c1.